The average molecular weight is 344 g/mol. The van der Waals surface area contributed by atoms with Crippen LogP contribution >= 0.6 is 0 Å². The Morgan fingerprint density at radius 1 is 0.333 bits per heavy atom. The molecule has 0 radical (unpaired) electrons. The lowest BCUT2D eigenvalue weighted by molar-refractivity contribution is 0.282. The summed E-state index contributed by atoms with van der Waals surface area (Å²) in [5, 5.41) is 20.9. The predicted octanol–water partition coefficient (Wildman–Crippen LogP) is 5.19. The van der Waals surface area contributed by atoms with E-state index in [4.69, 9.17) is 10.2 Å². The first-order valence-electron chi connectivity index (χ1n) is 10.8. The minimum absolute atomic E-state index is 0.339. The summed E-state index contributed by atoms with van der Waals surface area (Å²) in [6.45, 7) is 2.98. The van der Waals surface area contributed by atoms with Gasteiger partial charge in [0.2, 0.25) is 0 Å². The van der Waals surface area contributed by atoms with Gasteiger partial charge in [0, 0.05) is 13.2 Å². The minimum Gasteiger partial charge on any atom is -0.396 e. The van der Waals surface area contributed by atoms with Crippen LogP contribution < -0.4 is 5.32 Å². The molecule has 0 aromatic rings. The van der Waals surface area contributed by atoms with Gasteiger partial charge < -0.3 is 15.5 Å². The van der Waals surface area contributed by atoms with Crippen molar-refractivity contribution in [1.29, 1.82) is 0 Å². The molecule has 0 saturated heterocycles. The molecule has 0 atom stereocenters. The van der Waals surface area contributed by atoms with Crippen molar-refractivity contribution in [2.45, 2.75) is 109 Å². The van der Waals surface area contributed by atoms with Crippen molar-refractivity contribution in [3.05, 3.63) is 0 Å². The molecule has 3 heteroatoms. The lowest BCUT2D eigenvalue weighted by Crippen LogP contribution is -2.16. The first-order valence-corrected chi connectivity index (χ1v) is 10.8. The molecule has 0 spiro atoms. The van der Waals surface area contributed by atoms with Crippen molar-refractivity contribution in [2.24, 2.45) is 0 Å². The molecule has 146 valence electrons. The van der Waals surface area contributed by atoms with Gasteiger partial charge in [-0.3, -0.25) is 0 Å². The monoisotopic (exact) mass is 343 g/mol. The van der Waals surface area contributed by atoms with Gasteiger partial charge in [0.05, 0.1) is 0 Å². The molecule has 0 bridgehead atoms. The van der Waals surface area contributed by atoms with Crippen molar-refractivity contribution in [3.63, 3.8) is 0 Å². The van der Waals surface area contributed by atoms with Gasteiger partial charge in [-0.15, -0.1) is 0 Å². The van der Waals surface area contributed by atoms with Gasteiger partial charge in [0.1, 0.15) is 0 Å². The second-order valence-electron chi connectivity index (χ2n) is 7.21. The third-order valence-corrected chi connectivity index (χ3v) is 4.77. The van der Waals surface area contributed by atoms with Gasteiger partial charge in [0.15, 0.2) is 0 Å². The van der Waals surface area contributed by atoms with E-state index < -0.39 is 0 Å². The van der Waals surface area contributed by atoms with Crippen LogP contribution in [0.15, 0.2) is 0 Å². The van der Waals surface area contributed by atoms with E-state index in [1.54, 1.807) is 0 Å². The molecule has 0 amide bonds. The van der Waals surface area contributed by atoms with E-state index in [-0.39, 0.29) is 0 Å². The molecule has 3 N–H and O–H groups in total. The molecular weight excluding hydrogens is 298 g/mol. The molecule has 0 aliphatic carbocycles. The summed E-state index contributed by atoms with van der Waals surface area (Å²) in [5.41, 5.74) is 0. The smallest absolute Gasteiger partial charge is 0.0431 e. The van der Waals surface area contributed by atoms with Crippen molar-refractivity contribution in [1.82, 2.24) is 5.32 Å². The SMILES string of the molecule is OCCCCCCCCCCCCCCCCNCCCCCO. The highest BCUT2D eigenvalue weighted by Crippen LogP contribution is 2.12. The van der Waals surface area contributed by atoms with Gasteiger partial charge in [-0.2, -0.15) is 0 Å². The van der Waals surface area contributed by atoms with Crippen LogP contribution in [0.5, 0.6) is 0 Å². The van der Waals surface area contributed by atoms with Crippen molar-refractivity contribution >= 4 is 0 Å². The minimum atomic E-state index is 0.339. The zero-order valence-corrected chi connectivity index (χ0v) is 16.2. The van der Waals surface area contributed by atoms with E-state index in [1.807, 2.05) is 0 Å². The molecule has 24 heavy (non-hydrogen) atoms. The highest BCUT2D eigenvalue weighted by molar-refractivity contribution is 4.52. The van der Waals surface area contributed by atoms with Crippen LogP contribution in [0, 0.1) is 0 Å². The van der Waals surface area contributed by atoms with E-state index >= 15 is 0 Å². The normalized spacial score (nSPS) is 11.2. The summed E-state index contributed by atoms with van der Waals surface area (Å²) in [4.78, 5) is 0. The van der Waals surface area contributed by atoms with Gasteiger partial charge in [-0.05, 0) is 45.2 Å². The van der Waals surface area contributed by atoms with E-state index in [9.17, 15) is 0 Å². The number of hydrogen-bond donors (Lipinski definition) is 3. The summed E-state index contributed by atoms with van der Waals surface area (Å²) in [7, 11) is 0. The zero-order chi connectivity index (χ0) is 17.6. The Balaban J connectivity index is 2.93. The number of nitrogens with one attached hydrogen (secondary N) is 1. The molecule has 0 aliphatic rings. The lowest BCUT2D eigenvalue weighted by atomic mass is 10.0. The van der Waals surface area contributed by atoms with E-state index in [0.717, 1.165) is 32.4 Å². The Bertz CT molecular complexity index is 190. The fraction of sp³-hybridized carbons (Fsp3) is 1.00. The molecule has 0 saturated carbocycles. The second kappa shape index (κ2) is 22.9. The highest BCUT2D eigenvalue weighted by atomic mass is 16.3. The van der Waals surface area contributed by atoms with Gasteiger partial charge in [0.25, 0.3) is 0 Å². The zero-order valence-electron chi connectivity index (χ0n) is 16.2. The molecule has 0 aliphatic heterocycles. The van der Waals surface area contributed by atoms with Crippen LogP contribution in [0.1, 0.15) is 109 Å². The molecule has 3 nitrogen and oxygen atoms in total. The molecule has 0 aromatic heterocycles. The number of aliphatic hydroxyl groups is 2. The molecule has 0 aromatic carbocycles. The van der Waals surface area contributed by atoms with Crippen LogP contribution in [0.2, 0.25) is 0 Å². The molecular formula is C21H45NO2. The summed E-state index contributed by atoms with van der Waals surface area (Å²) in [5.74, 6) is 0. The van der Waals surface area contributed by atoms with Crippen LogP contribution in [0.4, 0.5) is 0 Å². The predicted molar refractivity (Wildman–Crippen MR) is 106 cm³/mol. The van der Waals surface area contributed by atoms with Gasteiger partial charge in [-0.1, -0.05) is 77.0 Å². The Kier molecular flexibility index (Phi) is 22.8. The summed E-state index contributed by atoms with van der Waals surface area (Å²) in [6.07, 6.45) is 22.1. The first-order chi connectivity index (χ1) is 11.9. The Labute approximate surface area is 151 Å². The third kappa shape index (κ3) is 21.9. The number of rotatable bonds is 21. The third-order valence-electron chi connectivity index (χ3n) is 4.77. The van der Waals surface area contributed by atoms with E-state index in [0.29, 0.717) is 13.2 Å². The van der Waals surface area contributed by atoms with Crippen molar-refractivity contribution < 1.29 is 10.2 Å². The molecule has 0 fully saturated rings. The van der Waals surface area contributed by atoms with Gasteiger partial charge in [-0.25, -0.2) is 0 Å². The molecule has 0 unspecified atom stereocenters. The fourth-order valence-electron chi connectivity index (χ4n) is 3.15. The summed E-state index contributed by atoms with van der Waals surface area (Å²) in [6, 6.07) is 0. The molecule has 0 heterocycles. The van der Waals surface area contributed by atoms with E-state index in [2.05, 4.69) is 5.32 Å². The maximum absolute atomic E-state index is 8.71. The Hall–Kier alpha value is -0.120. The first kappa shape index (κ1) is 23.9. The fourth-order valence-corrected chi connectivity index (χ4v) is 3.15. The summed E-state index contributed by atoms with van der Waals surface area (Å²) >= 11 is 0. The Morgan fingerprint density at radius 2 is 0.583 bits per heavy atom. The second-order valence-corrected chi connectivity index (χ2v) is 7.21. The van der Waals surface area contributed by atoms with Crippen LogP contribution in [0.3, 0.4) is 0 Å². The van der Waals surface area contributed by atoms with Crippen LogP contribution in [-0.2, 0) is 0 Å². The van der Waals surface area contributed by atoms with Crippen molar-refractivity contribution in [3.8, 4) is 0 Å². The van der Waals surface area contributed by atoms with Gasteiger partial charge >= 0.3 is 0 Å². The highest BCUT2D eigenvalue weighted by Gasteiger charge is 1.95. The quantitative estimate of drug-likeness (QED) is 0.251. The van der Waals surface area contributed by atoms with E-state index in [1.165, 1.54) is 89.9 Å². The number of aliphatic hydroxyl groups excluding tert-OH is 2. The maximum Gasteiger partial charge on any atom is 0.0431 e. The Morgan fingerprint density at radius 3 is 0.917 bits per heavy atom. The lowest BCUT2D eigenvalue weighted by Gasteiger charge is -2.05. The number of hydrogen-bond acceptors (Lipinski definition) is 3. The van der Waals surface area contributed by atoms with Crippen LogP contribution in [0.25, 0.3) is 0 Å². The molecule has 0 rings (SSSR count). The standard InChI is InChI=1S/C21H45NO2/c23-20-16-12-10-8-6-4-2-1-3-5-7-9-11-14-18-22-19-15-13-17-21-24/h22-24H,1-21H2. The van der Waals surface area contributed by atoms with Crippen molar-refractivity contribution in [2.75, 3.05) is 26.3 Å². The average Bonchev–Trinajstić information content (AvgIpc) is 2.60. The summed E-state index contributed by atoms with van der Waals surface area (Å²) < 4.78 is 0. The number of unbranched alkanes of at least 4 members (excludes halogenated alkanes) is 15. The largest absolute Gasteiger partial charge is 0.396 e. The van der Waals surface area contributed by atoms with Crippen LogP contribution in [-0.4, -0.2) is 36.5 Å². The maximum atomic E-state index is 8.71. The topological polar surface area (TPSA) is 52.5 Å².